The molecule has 0 spiro atoms. The quantitative estimate of drug-likeness (QED) is 0.583. The first kappa shape index (κ1) is 19.6. The van der Waals surface area contributed by atoms with Crippen LogP contribution < -0.4 is 15.4 Å². The molecule has 0 atom stereocenters. The summed E-state index contributed by atoms with van der Waals surface area (Å²) in [5.41, 5.74) is 1.80. The minimum Gasteiger partial charge on any atom is -0.473 e. The molecule has 0 aliphatic heterocycles. The zero-order valence-corrected chi connectivity index (χ0v) is 14.4. The molecule has 2 rings (SSSR count). The molecule has 8 heteroatoms. The van der Waals surface area contributed by atoms with Crippen molar-refractivity contribution in [3.8, 4) is 5.88 Å². The number of aliphatic imine (C=N–C) groups is 1. The van der Waals surface area contributed by atoms with E-state index >= 15 is 0 Å². The maximum atomic E-state index is 12.2. The van der Waals surface area contributed by atoms with Crippen molar-refractivity contribution >= 4 is 5.96 Å². The minimum atomic E-state index is -4.20. The molecule has 0 saturated carbocycles. The Labute approximate surface area is 150 Å². The average Bonchev–Trinajstić information content (AvgIpc) is 2.63. The Morgan fingerprint density at radius 3 is 2.58 bits per heavy atom. The first-order valence-corrected chi connectivity index (χ1v) is 8.10. The van der Waals surface area contributed by atoms with Gasteiger partial charge in [0, 0.05) is 31.9 Å². The maximum absolute atomic E-state index is 12.2. The number of nitrogens with zero attached hydrogens (tertiary/aromatic N) is 2. The number of aromatic nitrogens is 1. The largest absolute Gasteiger partial charge is 0.473 e. The van der Waals surface area contributed by atoms with Crippen LogP contribution in [0.1, 0.15) is 17.5 Å². The third-order valence-corrected chi connectivity index (χ3v) is 3.44. The number of pyridine rings is 1. The van der Waals surface area contributed by atoms with Gasteiger partial charge in [-0.25, -0.2) is 4.98 Å². The van der Waals surface area contributed by atoms with Crippen LogP contribution in [-0.2, 0) is 13.2 Å². The van der Waals surface area contributed by atoms with Gasteiger partial charge in [0.05, 0.1) is 6.42 Å². The SMILES string of the molecule is CN=C(NCCC(F)(F)F)NCc1cccnc1OCc1ccccc1. The molecule has 26 heavy (non-hydrogen) atoms. The van der Waals surface area contributed by atoms with Crippen LogP contribution in [0.3, 0.4) is 0 Å². The number of benzene rings is 1. The Morgan fingerprint density at radius 1 is 1.12 bits per heavy atom. The first-order valence-electron chi connectivity index (χ1n) is 8.10. The second-order valence-corrected chi connectivity index (χ2v) is 5.46. The van der Waals surface area contributed by atoms with Gasteiger partial charge < -0.3 is 15.4 Å². The van der Waals surface area contributed by atoms with E-state index in [1.165, 1.54) is 7.05 Å². The average molecular weight is 366 g/mol. The van der Waals surface area contributed by atoms with Crippen molar-refractivity contribution in [2.75, 3.05) is 13.6 Å². The normalized spacial score (nSPS) is 11.9. The van der Waals surface area contributed by atoms with E-state index < -0.39 is 12.6 Å². The molecule has 2 N–H and O–H groups in total. The summed E-state index contributed by atoms with van der Waals surface area (Å²) in [4.78, 5) is 8.13. The summed E-state index contributed by atoms with van der Waals surface area (Å²) >= 11 is 0. The van der Waals surface area contributed by atoms with Gasteiger partial charge >= 0.3 is 6.18 Å². The summed E-state index contributed by atoms with van der Waals surface area (Å²) in [6.07, 6.45) is -3.50. The zero-order chi connectivity index (χ0) is 18.8. The third-order valence-electron chi connectivity index (χ3n) is 3.44. The molecule has 140 valence electrons. The van der Waals surface area contributed by atoms with Crippen molar-refractivity contribution in [1.29, 1.82) is 0 Å². The molecule has 0 aliphatic carbocycles. The second-order valence-electron chi connectivity index (χ2n) is 5.46. The van der Waals surface area contributed by atoms with Crippen molar-refractivity contribution < 1.29 is 17.9 Å². The molecule has 0 amide bonds. The summed E-state index contributed by atoms with van der Waals surface area (Å²) in [6, 6.07) is 13.3. The molecule has 2 aromatic rings. The zero-order valence-electron chi connectivity index (χ0n) is 14.4. The van der Waals surface area contributed by atoms with Crippen LogP contribution in [-0.4, -0.2) is 30.7 Å². The maximum Gasteiger partial charge on any atom is 0.390 e. The van der Waals surface area contributed by atoms with Gasteiger partial charge in [0.25, 0.3) is 0 Å². The number of nitrogens with one attached hydrogen (secondary N) is 2. The molecule has 1 aromatic carbocycles. The van der Waals surface area contributed by atoms with Crippen molar-refractivity contribution in [2.24, 2.45) is 4.99 Å². The van der Waals surface area contributed by atoms with E-state index in [0.29, 0.717) is 19.0 Å². The van der Waals surface area contributed by atoms with Crippen LogP contribution in [0.2, 0.25) is 0 Å². The number of ether oxygens (including phenoxy) is 1. The fraction of sp³-hybridized carbons (Fsp3) is 0.333. The molecule has 0 radical (unpaired) electrons. The lowest BCUT2D eigenvalue weighted by molar-refractivity contribution is -0.132. The molecule has 5 nitrogen and oxygen atoms in total. The highest BCUT2D eigenvalue weighted by molar-refractivity contribution is 5.79. The smallest absolute Gasteiger partial charge is 0.390 e. The van der Waals surface area contributed by atoms with E-state index in [2.05, 4.69) is 20.6 Å². The highest BCUT2D eigenvalue weighted by Crippen LogP contribution is 2.18. The topological polar surface area (TPSA) is 58.5 Å². The molecule has 0 aliphatic rings. The van der Waals surface area contributed by atoms with E-state index in [4.69, 9.17) is 4.74 Å². The lowest BCUT2D eigenvalue weighted by Crippen LogP contribution is -2.38. The lowest BCUT2D eigenvalue weighted by atomic mass is 10.2. The third kappa shape index (κ3) is 7.00. The minimum absolute atomic E-state index is 0.242. The predicted octanol–water partition coefficient (Wildman–Crippen LogP) is 3.28. The number of hydrogen-bond acceptors (Lipinski definition) is 3. The van der Waals surface area contributed by atoms with Crippen molar-refractivity contribution in [2.45, 2.75) is 25.7 Å². The number of guanidine groups is 1. The Bertz CT molecular complexity index is 705. The van der Waals surface area contributed by atoms with Gasteiger partial charge in [0.1, 0.15) is 6.61 Å². The standard InChI is InChI=1S/C18H21F3N4O/c1-22-17(24-11-9-18(19,20)21)25-12-15-8-5-10-23-16(15)26-13-14-6-3-2-4-7-14/h2-8,10H,9,11-13H2,1H3,(H2,22,24,25). The molecular weight excluding hydrogens is 345 g/mol. The van der Waals surface area contributed by atoms with E-state index in [9.17, 15) is 13.2 Å². The first-order chi connectivity index (χ1) is 12.5. The summed E-state index contributed by atoms with van der Waals surface area (Å²) in [5, 5.41) is 5.59. The van der Waals surface area contributed by atoms with E-state index in [0.717, 1.165) is 11.1 Å². The molecule has 0 bridgehead atoms. The highest BCUT2D eigenvalue weighted by Gasteiger charge is 2.26. The predicted molar refractivity (Wildman–Crippen MR) is 93.9 cm³/mol. The van der Waals surface area contributed by atoms with E-state index in [1.807, 2.05) is 36.4 Å². The summed E-state index contributed by atoms with van der Waals surface area (Å²) in [6.45, 7) is 0.459. The van der Waals surface area contributed by atoms with Crippen molar-refractivity contribution in [3.63, 3.8) is 0 Å². The molecule has 0 fully saturated rings. The van der Waals surface area contributed by atoms with Gasteiger partial charge in [0.15, 0.2) is 5.96 Å². The van der Waals surface area contributed by atoms with Crippen LogP contribution in [0.25, 0.3) is 0 Å². The van der Waals surface area contributed by atoms with Crippen LogP contribution in [0, 0.1) is 0 Å². The second kappa shape index (κ2) is 9.65. The molecular formula is C18H21F3N4O. The van der Waals surface area contributed by atoms with Gasteiger partial charge in [-0.05, 0) is 11.6 Å². The van der Waals surface area contributed by atoms with Gasteiger partial charge in [0.2, 0.25) is 5.88 Å². The van der Waals surface area contributed by atoms with Crippen molar-refractivity contribution in [1.82, 2.24) is 15.6 Å². The van der Waals surface area contributed by atoms with Gasteiger partial charge in [-0.1, -0.05) is 36.4 Å². The van der Waals surface area contributed by atoms with E-state index in [-0.39, 0.29) is 12.5 Å². The number of halogens is 3. The molecule has 1 aromatic heterocycles. The van der Waals surface area contributed by atoms with Crippen LogP contribution in [0.5, 0.6) is 5.88 Å². The summed E-state index contributed by atoms with van der Waals surface area (Å²) in [5.74, 6) is 0.752. The summed E-state index contributed by atoms with van der Waals surface area (Å²) < 4.78 is 42.4. The molecule has 0 unspecified atom stereocenters. The monoisotopic (exact) mass is 366 g/mol. The Hall–Kier alpha value is -2.77. The Balaban J connectivity index is 1.88. The van der Waals surface area contributed by atoms with Crippen LogP contribution in [0.15, 0.2) is 53.7 Å². The Morgan fingerprint density at radius 2 is 1.88 bits per heavy atom. The summed E-state index contributed by atoms with van der Waals surface area (Å²) in [7, 11) is 1.50. The van der Waals surface area contributed by atoms with Crippen LogP contribution in [0.4, 0.5) is 13.2 Å². The van der Waals surface area contributed by atoms with E-state index in [1.54, 1.807) is 12.3 Å². The highest BCUT2D eigenvalue weighted by atomic mass is 19.4. The van der Waals surface area contributed by atoms with Gasteiger partial charge in [-0.15, -0.1) is 0 Å². The van der Waals surface area contributed by atoms with Crippen molar-refractivity contribution in [3.05, 3.63) is 59.8 Å². The number of rotatable bonds is 7. The number of alkyl halides is 3. The fourth-order valence-corrected chi connectivity index (χ4v) is 2.14. The number of hydrogen-bond donors (Lipinski definition) is 2. The lowest BCUT2D eigenvalue weighted by Gasteiger charge is -2.14. The fourth-order valence-electron chi connectivity index (χ4n) is 2.14. The van der Waals surface area contributed by atoms with Gasteiger partial charge in [-0.3, -0.25) is 4.99 Å². The molecule has 0 saturated heterocycles. The van der Waals surface area contributed by atoms with Crippen LogP contribution >= 0.6 is 0 Å². The Kier molecular flexibility index (Phi) is 7.25. The molecule has 1 heterocycles. The van der Waals surface area contributed by atoms with Gasteiger partial charge in [-0.2, -0.15) is 13.2 Å².